The molecule has 0 bridgehead atoms. The number of alkyl halides is 3. The summed E-state index contributed by atoms with van der Waals surface area (Å²) < 4.78 is 37.4. The van der Waals surface area contributed by atoms with Crippen LogP contribution >= 0.6 is 0 Å². The molecule has 23 heavy (non-hydrogen) atoms. The lowest BCUT2D eigenvalue weighted by Gasteiger charge is -1.98. The minimum Gasteiger partial charge on any atom is -0.475 e. The Kier molecular flexibility index (Phi) is 5.56. The van der Waals surface area contributed by atoms with Crippen molar-refractivity contribution in [1.82, 2.24) is 0 Å². The largest absolute Gasteiger partial charge is 0.490 e. The first kappa shape index (κ1) is 18.3. The Balaban J connectivity index is 0.000000322. The number of furan rings is 1. The molecule has 3 N–H and O–H groups in total. The van der Waals surface area contributed by atoms with Gasteiger partial charge in [0, 0.05) is 17.4 Å². The van der Waals surface area contributed by atoms with Crippen LogP contribution in [0.1, 0.15) is 11.3 Å². The van der Waals surface area contributed by atoms with Crippen LogP contribution in [0.5, 0.6) is 0 Å². The number of aryl methyl sites for hydroxylation is 1. The maximum absolute atomic E-state index is 10.9. The van der Waals surface area contributed by atoms with Gasteiger partial charge in [-0.05, 0) is 18.6 Å². The fourth-order valence-electron chi connectivity index (χ4n) is 1.67. The molecule has 1 amide bonds. The Morgan fingerprint density at radius 2 is 1.83 bits per heavy atom. The number of aliphatic carboxylic acids is 1. The topological polar surface area (TPSA) is 93.5 Å². The molecule has 0 unspecified atom stereocenters. The summed E-state index contributed by atoms with van der Waals surface area (Å²) in [6.07, 6.45) is -4.71. The lowest BCUT2D eigenvalue weighted by atomic mass is 10.1. The van der Waals surface area contributed by atoms with Gasteiger partial charge in [-0.1, -0.05) is 24.8 Å². The van der Waals surface area contributed by atoms with E-state index in [1.165, 1.54) is 0 Å². The Bertz CT molecular complexity index is 747. The van der Waals surface area contributed by atoms with Crippen LogP contribution in [0, 0.1) is 6.92 Å². The summed E-state index contributed by atoms with van der Waals surface area (Å²) in [5.41, 5.74) is 7.38. The van der Waals surface area contributed by atoms with Crippen molar-refractivity contribution in [2.75, 3.05) is 0 Å². The molecule has 8 heteroatoms. The van der Waals surface area contributed by atoms with Gasteiger partial charge in [-0.3, -0.25) is 4.79 Å². The Hall–Kier alpha value is -2.77. The highest BCUT2D eigenvalue weighted by atomic mass is 19.4. The molecule has 0 saturated heterocycles. The number of hydrogen-bond acceptors (Lipinski definition) is 3. The molecule has 0 aliphatic carbocycles. The first-order valence-corrected chi connectivity index (χ1v) is 6.28. The maximum atomic E-state index is 10.9. The number of halogens is 3. The number of hydrogen-bond donors (Lipinski definition) is 2. The SMILES string of the molecule is C=C(Cc1oc2ccccc2c1C)C(N)=O.O=C(O)C(F)(F)F. The van der Waals surface area contributed by atoms with E-state index >= 15 is 0 Å². The van der Waals surface area contributed by atoms with Crippen LogP contribution < -0.4 is 5.73 Å². The number of carbonyl (C=O) groups is 2. The van der Waals surface area contributed by atoms with Crippen molar-refractivity contribution in [1.29, 1.82) is 0 Å². The molecule has 0 atom stereocenters. The van der Waals surface area contributed by atoms with Crippen LogP contribution in [-0.4, -0.2) is 23.2 Å². The van der Waals surface area contributed by atoms with Crippen LogP contribution in [0.25, 0.3) is 11.0 Å². The Morgan fingerprint density at radius 3 is 2.26 bits per heavy atom. The monoisotopic (exact) mass is 329 g/mol. The van der Waals surface area contributed by atoms with Gasteiger partial charge in [0.2, 0.25) is 5.91 Å². The van der Waals surface area contributed by atoms with Crippen molar-refractivity contribution in [3.8, 4) is 0 Å². The number of carbonyl (C=O) groups excluding carboxylic acids is 1. The molecule has 1 aromatic heterocycles. The smallest absolute Gasteiger partial charge is 0.475 e. The lowest BCUT2D eigenvalue weighted by molar-refractivity contribution is -0.192. The summed E-state index contributed by atoms with van der Waals surface area (Å²) in [5.74, 6) is -2.49. The molecule has 2 rings (SSSR count). The highest BCUT2D eigenvalue weighted by molar-refractivity contribution is 5.92. The number of carboxylic acid groups (broad SMARTS) is 1. The minimum atomic E-state index is -5.08. The van der Waals surface area contributed by atoms with Crippen molar-refractivity contribution in [2.45, 2.75) is 19.5 Å². The van der Waals surface area contributed by atoms with E-state index in [2.05, 4.69) is 6.58 Å². The lowest BCUT2D eigenvalue weighted by Crippen LogP contribution is -2.21. The molecule has 1 aromatic carbocycles. The van der Waals surface area contributed by atoms with E-state index in [1.807, 2.05) is 31.2 Å². The van der Waals surface area contributed by atoms with Gasteiger partial charge in [-0.15, -0.1) is 0 Å². The number of fused-ring (bicyclic) bond motifs is 1. The minimum absolute atomic E-state index is 0.363. The van der Waals surface area contributed by atoms with Crippen LogP contribution in [0.2, 0.25) is 0 Å². The normalized spacial score (nSPS) is 10.8. The maximum Gasteiger partial charge on any atom is 0.490 e. The van der Waals surface area contributed by atoms with E-state index in [0.717, 1.165) is 22.3 Å². The zero-order chi connectivity index (χ0) is 17.8. The third-order valence-electron chi connectivity index (χ3n) is 2.91. The molecular weight excluding hydrogens is 315 g/mol. The molecule has 0 fully saturated rings. The van der Waals surface area contributed by atoms with Gasteiger partial charge in [0.05, 0.1) is 0 Å². The predicted octanol–water partition coefficient (Wildman–Crippen LogP) is 2.96. The summed E-state index contributed by atoms with van der Waals surface area (Å²) in [7, 11) is 0. The third-order valence-corrected chi connectivity index (χ3v) is 2.91. The van der Waals surface area contributed by atoms with Crippen molar-refractivity contribution >= 4 is 22.8 Å². The van der Waals surface area contributed by atoms with Gasteiger partial charge in [0.25, 0.3) is 0 Å². The first-order chi connectivity index (χ1) is 10.5. The molecule has 0 aliphatic heterocycles. The highest BCUT2D eigenvalue weighted by Gasteiger charge is 2.38. The average Bonchev–Trinajstić information content (AvgIpc) is 2.75. The number of carboxylic acids is 1. The number of primary amides is 1. The van der Waals surface area contributed by atoms with Crippen molar-refractivity contribution in [3.63, 3.8) is 0 Å². The van der Waals surface area contributed by atoms with Gasteiger partial charge in [-0.2, -0.15) is 13.2 Å². The summed E-state index contributed by atoms with van der Waals surface area (Å²) in [4.78, 5) is 19.8. The van der Waals surface area contributed by atoms with E-state index in [1.54, 1.807) is 0 Å². The van der Waals surface area contributed by atoms with E-state index in [9.17, 15) is 18.0 Å². The molecule has 0 spiro atoms. The highest BCUT2D eigenvalue weighted by Crippen LogP contribution is 2.26. The zero-order valence-corrected chi connectivity index (χ0v) is 12.1. The fraction of sp³-hybridized carbons (Fsp3) is 0.200. The molecule has 0 radical (unpaired) electrons. The fourth-order valence-corrected chi connectivity index (χ4v) is 1.67. The van der Waals surface area contributed by atoms with Crippen molar-refractivity contribution in [2.24, 2.45) is 5.73 Å². The van der Waals surface area contributed by atoms with Gasteiger partial charge in [-0.25, -0.2) is 4.79 Å². The number of rotatable bonds is 3. The second kappa shape index (κ2) is 6.99. The number of benzene rings is 1. The van der Waals surface area contributed by atoms with Crippen LogP contribution in [-0.2, 0) is 16.0 Å². The molecule has 2 aromatic rings. The van der Waals surface area contributed by atoms with Gasteiger partial charge in [0.1, 0.15) is 11.3 Å². The summed E-state index contributed by atoms with van der Waals surface area (Å²) in [5, 5.41) is 8.19. The molecule has 124 valence electrons. The molecule has 0 saturated carbocycles. The van der Waals surface area contributed by atoms with Crippen LogP contribution in [0.3, 0.4) is 0 Å². The van der Waals surface area contributed by atoms with E-state index < -0.39 is 18.1 Å². The number of nitrogens with two attached hydrogens (primary N) is 1. The van der Waals surface area contributed by atoms with E-state index in [0.29, 0.717) is 12.0 Å². The standard InChI is InChI=1S/C13H13NO2.C2HF3O2/c1-8(13(14)15)7-12-9(2)10-5-3-4-6-11(10)16-12;3-2(4,5)1(6)7/h3-6H,1,7H2,2H3,(H2,14,15);(H,6,7). The van der Waals surface area contributed by atoms with Crippen LogP contribution in [0.15, 0.2) is 40.8 Å². The predicted molar refractivity (Wildman–Crippen MR) is 76.7 cm³/mol. The van der Waals surface area contributed by atoms with Crippen molar-refractivity contribution in [3.05, 3.63) is 47.7 Å². The van der Waals surface area contributed by atoms with Crippen molar-refractivity contribution < 1.29 is 32.3 Å². The first-order valence-electron chi connectivity index (χ1n) is 6.28. The van der Waals surface area contributed by atoms with Crippen LogP contribution in [0.4, 0.5) is 13.2 Å². The second-order valence-corrected chi connectivity index (χ2v) is 4.59. The zero-order valence-electron chi connectivity index (χ0n) is 12.1. The van der Waals surface area contributed by atoms with E-state index in [4.69, 9.17) is 20.1 Å². The molecular formula is C15H14F3NO4. The molecule has 5 nitrogen and oxygen atoms in total. The summed E-state index contributed by atoms with van der Waals surface area (Å²) >= 11 is 0. The quantitative estimate of drug-likeness (QED) is 0.847. The Labute approximate surface area is 129 Å². The Morgan fingerprint density at radius 1 is 1.30 bits per heavy atom. The van der Waals surface area contributed by atoms with Gasteiger partial charge >= 0.3 is 12.1 Å². The summed E-state index contributed by atoms with van der Waals surface area (Å²) in [6.45, 7) is 5.59. The second-order valence-electron chi connectivity index (χ2n) is 4.59. The van der Waals surface area contributed by atoms with E-state index in [-0.39, 0.29) is 0 Å². The third kappa shape index (κ3) is 4.87. The van der Waals surface area contributed by atoms with Gasteiger partial charge < -0.3 is 15.3 Å². The van der Waals surface area contributed by atoms with Gasteiger partial charge in [0.15, 0.2) is 0 Å². The number of amides is 1. The summed E-state index contributed by atoms with van der Waals surface area (Å²) in [6, 6.07) is 7.76. The molecule has 1 heterocycles. The molecule has 0 aliphatic rings. The number of para-hydroxylation sites is 1. The average molecular weight is 329 g/mol.